The number of pyridine rings is 1. The average Bonchev–Trinajstić information content (AvgIpc) is 2.71. The molecule has 0 saturated carbocycles. The molecule has 0 radical (unpaired) electrons. The van der Waals surface area contributed by atoms with E-state index < -0.39 is 11.6 Å². The Kier molecular flexibility index (Phi) is 5.25. The zero-order chi connectivity index (χ0) is 19.5. The van der Waals surface area contributed by atoms with Crippen LogP contribution < -0.4 is 5.56 Å². The van der Waals surface area contributed by atoms with E-state index >= 15 is 0 Å². The number of hydrogen-bond donors (Lipinski definition) is 1. The van der Waals surface area contributed by atoms with E-state index in [2.05, 4.69) is 19.9 Å². The summed E-state index contributed by atoms with van der Waals surface area (Å²) < 4.78 is 26.6. The molecule has 3 aromatic rings. The van der Waals surface area contributed by atoms with Crippen LogP contribution in [0, 0.1) is 11.6 Å². The first-order valence-corrected chi connectivity index (χ1v) is 9.27. The molecule has 0 bridgehead atoms. The van der Waals surface area contributed by atoms with Gasteiger partial charge in [-0.1, -0.05) is 12.1 Å². The van der Waals surface area contributed by atoms with Crippen molar-refractivity contribution in [2.75, 3.05) is 13.1 Å². The van der Waals surface area contributed by atoms with Crippen molar-refractivity contribution >= 4 is 0 Å². The number of hydrogen-bond acceptors (Lipinski definition) is 4. The van der Waals surface area contributed by atoms with Crippen LogP contribution in [0.5, 0.6) is 0 Å². The Morgan fingerprint density at radius 1 is 1.14 bits per heavy atom. The lowest BCUT2D eigenvalue weighted by molar-refractivity contribution is 0.198. The predicted octanol–water partition coefficient (Wildman–Crippen LogP) is 3.49. The van der Waals surface area contributed by atoms with Crippen LogP contribution in [0.2, 0.25) is 0 Å². The minimum atomic E-state index is -0.838. The van der Waals surface area contributed by atoms with Gasteiger partial charge < -0.3 is 4.98 Å². The fourth-order valence-electron chi connectivity index (χ4n) is 3.65. The smallest absolute Gasteiger partial charge is 0.251 e. The van der Waals surface area contributed by atoms with Crippen LogP contribution >= 0.6 is 0 Å². The Hall–Kier alpha value is -2.93. The molecule has 7 heteroatoms. The molecule has 1 saturated heterocycles. The summed E-state index contributed by atoms with van der Waals surface area (Å²) in [6.45, 7) is 2.10. The third kappa shape index (κ3) is 4.14. The number of rotatable bonds is 4. The van der Waals surface area contributed by atoms with Crippen LogP contribution in [0.1, 0.15) is 30.0 Å². The predicted molar refractivity (Wildman–Crippen MR) is 102 cm³/mol. The van der Waals surface area contributed by atoms with Crippen molar-refractivity contribution < 1.29 is 8.78 Å². The molecule has 1 fully saturated rings. The number of piperidine rings is 1. The zero-order valence-corrected chi connectivity index (χ0v) is 15.2. The molecule has 1 aliphatic rings. The first-order chi connectivity index (χ1) is 13.6. The average molecular weight is 382 g/mol. The van der Waals surface area contributed by atoms with E-state index in [9.17, 15) is 13.6 Å². The van der Waals surface area contributed by atoms with Crippen LogP contribution in [0.4, 0.5) is 8.78 Å². The standard InChI is InChI=1S/C21H20F2N4O/c22-16-7-6-14(10-17(16)23)12-27-9-3-4-15(13-27)19-11-20(28)26-21(25-19)18-5-1-2-8-24-18/h1-2,5-8,10-11,15H,3-4,9,12-13H2,(H,25,26,28). The van der Waals surface area contributed by atoms with Gasteiger partial charge in [-0.15, -0.1) is 0 Å². The highest BCUT2D eigenvalue weighted by Crippen LogP contribution is 2.27. The van der Waals surface area contributed by atoms with Gasteiger partial charge in [0.15, 0.2) is 17.5 Å². The van der Waals surface area contributed by atoms with Gasteiger partial charge in [-0.05, 0) is 49.2 Å². The van der Waals surface area contributed by atoms with Gasteiger partial charge >= 0.3 is 0 Å². The Labute approximate surface area is 161 Å². The van der Waals surface area contributed by atoms with Gasteiger partial charge in [0.2, 0.25) is 0 Å². The first kappa shape index (κ1) is 18.4. The van der Waals surface area contributed by atoms with Gasteiger partial charge in [0.05, 0.1) is 5.69 Å². The van der Waals surface area contributed by atoms with E-state index in [-0.39, 0.29) is 11.5 Å². The molecule has 144 valence electrons. The van der Waals surface area contributed by atoms with Gasteiger partial charge in [-0.3, -0.25) is 14.7 Å². The molecular formula is C21H20F2N4O. The quantitative estimate of drug-likeness (QED) is 0.750. The van der Waals surface area contributed by atoms with Crippen molar-refractivity contribution in [1.82, 2.24) is 19.9 Å². The highest BCUT2D eigenvalue weighted by Gasteiger charge is 2.23. The summed E-state index contributed by atoms with van der Waals surface area (Å²) in [6, 6.07) is 11.0. The Morgan fingerprint density at radius 3 is 2.82 bits per heavy atom. The lowest BCUT2D eigenvalue weighted by Crippen LogP contribution is -2.34. The van der Waals surface area contributed by atoms with Crippen molar-refractivity contribution in [3.63, 3.8) is 0 Å². The summed E-state index contributed by atoms with van der Waals surface area (Å²) in [6.07, 6.45) is 3.53. The molecule has 1 atom stereocenters. The summed E-state index contributed by atoms with van der Waals surface area (Å²) in [5.74, 6) is -1.11. The van der Waals surface area contributed by atoms with Crippen molar-refractivity contribution in [1.29, 1.82) is 0 Å². The lowest BCUT2D eigenvalue weighted by atomic mass is 9.94. The minimum absolute atomic E-state index is 0.101. The maximum Gasteiger partial charge on any atom is 0.251 e. The minimum Gasteiger partial charge on any atom is -0.305 e. The van der Waals surface area contributed by atoms with E-state index in [0.717, 1.165) is 36.7 Å². The molecule has 0 amide bonds. The topological polar surface area (TPSA) is 61.9 Å². The number of nitrogens with zero attached hydrogens (tertiary/aromatic N) is 3. The Morgan fingerprint density at radius 2 is 2.04 bits per heavy atom. The van der Waals surface area contributed by atoms with Crippen LogP contribution in [0.25, 0.3) is 11.5 Å². The second-order valence-electron chi connectivity index (χ2n) is 7.06. The number of aromatic nitrogens is 3. The number of aromatic amines is 1. The normalized spacial score (nSPS) is 17.6. The highest BCUT2D eigenvalue weighted by molar-refractivity contribution is 5.48. The van der Waals surface area contributed by atoms with Crippen LogP contribution in [0.3, 0.4) is 0 Å². The third-order valence-corrected chi connectivity index (χ3v) is 4.98. The molecule has 28 heavy (non-hydrogen) atoms. The summed E-state index contributed by atoms with van der Waals surface area (Å²) in [5, 5.41) is 0. The molecular weight excluding hydrogens is 362 g/mol. The van der Waals surface area contributed by atoms with E-state index in [0.29, 0.717) is 24.6 Å². The van der Waals surface area contributed by atoms with Gasteiger partial charge in [0.1, 0.15) is 5.69 Å². The van der Waals surface area contributed by atoms with Crippen molar-refractivity contribution in [3.05, 3.63) is 81.9 Å². The van der Waals surface area contributed by atoms with E-state index in [4.69, 9.17) is 0 Å². The molecule has 4 rings (SSSR count). The number of likely N-dealkylation sites (tertiary alicyclic amines) is 1. The second-order valence-corrected chi connectivity index (χ2v) is 7.06. The van der Waals surface area contributed by atoms with E-state index in [1.807, 2.05) is 12.1 Å². The summed E-state index contributed by atoms with van der Waals surface area (Å²) in [5.41, 5.74) is 1.88. The van der Waals surface area contributed by atoms with Gasteiger partial charge in [-0.2, -0.15) is 0 Å². The van der Waals surface area contributed by atoms with Crippen LogP contribution in [-0.2, 0) is 6.54 Å². The SMILES string of the molecule is O=c1cc(C2CCCN(Cc3ccc(F)c(F)c3)C2)nc(-c2ccccn2)[nH]1. The zero-order valence-electron chi connectivity index (χ0n) is 15.2. The first-order valence-electron chi connectivity index (χ1n) is 9.27. The van der Waals surface area contributed by atoms with Gasteiger partial charge in [0.25, 0.3) is 5.56 Å². The molecule has 5 nitrogen and oxygen atoms in total. The van der Waals surface area contributed by atoms with Crippen LogP contribution in [0.15, 0.2) is 53.5 Å². The number of benzene rings is 1. The largest absolute Gasteiger partial charge is 0.305 e. The maximum atomic E-state index is 13.5. The van der Waals surface area contributed by atoms with Gasteiger partial charge in [-0.25, -0.2) is 13.8 Å². The summed E-state index contributed by atoms with van der Waals surface area (Å²) >= 11 is 0. The molecule has 0 spiro atoms. The third-order valence-electron chi connectivity index (χ3n) is 4.98. The molecule has 0 aliphatic carbocycles. The van der Waals surface area contributed by atoms with E-state index in [1.165, 1.54) is 12.1 Å². The second kappa shape index (κ2) is 7.98. The summed E-state index contributed by atoms with van der Waals surface area (Å²) in [7, 11) is 0. The Balaban J connectivity index is 1.53. The number of nitrogens with one attached hydrogen (secondary N) is 1. The lowest BCUT2D eigenvalue weighted by Gasteiger charge is -2.32. The summed E-state index contributed by atoms with van der Waals surface area (Å²) in [4.78, 5) is 26.0. The fourth-order valence-corrected chi connectivity index (χ4v) is 3.65. The molecule has 1 aromatic carbocycles. The molecule has 3 heterocycles. The van der Waals surface area contributed by atoms with Crippen molar-refractivity contribution in [2.45, 2.75) is 25.3 Å². The molecule has 1 N–H and O–H groups in total. The monoisotopic (exact) mass is 382 g/mol. The number of H-pyrrole nitrogens is 1. The van der Waals surface area contributed by atoms with Crippen LogP contribution in [-0.4, -0.2) is 32.9 Å². The van der Waals surface area contributed by atoms with Crippen molar-refractivity contribution in [2.24, 2.45) is 0 Å². The Bertz CT molecular complexity index is 1020. The maximum absolute atomic E-state index is 13.5. The molecule has 1 aliphatic heterocycles. The fraction of sp³-hybridized carbons (Fsp3) is 0.286. The van der Waals surface area contributed by atoms with Gasteiger partial charge in [0, 0.05) is 31.3 Å². The molecule has 1 unspecified atom stereocenters. The number of halogens is 2. The van der Waals surface area contributed by atoms with Crippen molar-refractivity contribution in [3.8, 4) is 11.5 Å². The van der Waals surface area contributed by atoms with E-state index in [1.54, 1.807) is 18.3 Å². The highest BCUT2D eigenvalue weighted by atomic mass is 19.2. The molecule has 2 aromatic heterocycles.